The molecule has 0 aliphatic heterocycles. The second-order valence-corrected chi connectivity index (χ2v) is 4.85. The molecular formula is C10H13NO4S. The quantitative estimate of drug-likeness (QED) is 0.568. The molecular weight excluding hydrogens is 230 g/mol. The first-order valence-corrected chi connectivity index (χ1v) is 6.34. The van der Waals surface area contributed by atoms with Crippen LogP contribution >= 0.6 is 0 Å². The van der Waals surface area contributed by atoms with Crippen molar-refractivity contribution in [3.05, 3.63) is 29.8 Å². The highest BCUT2D eigenvalue weighted by molar-refractivity contribution is 7.85. The fourth-order valence-electron chi connectivity index (χ4n) is 1.18. The lowest BCUT2D eigenvalue weighted by molar-refractivity contribution is -0.107. The molecule has 0 aliphatic carbocycles. The predicted octanol–water partition coefficient (Wildman–Crippen LogP) is 0.728. The zero-order chi connectivity index (χ0) is 12.0. The number of benzene rings is 1. The van der Waals surface area contributed by atoms with Crippen molar-refractivity contribution in [1.82, 2.24) is 0 Å². The zero-order valence-corrected chi connectivity index (χ0v) is 9.40. The third-order valence-electron chi connectivity index (χ3n) is 1.96. The summed E-state index contributed by atoms with van der Waals surface area (Å²) in [6.45, 7) is 0.145. The fraction of sp³-hybridized carbons (Fsp3) is 0.300. The summed E-state index contributed by atoms with van der Waals surface area (Å²) in [7, 11) is -3.92. The summed E-state index contributed by atoms with van der Waals surface area (Å²) in [5.74, 6) is -0.330. The first kappa shape index (κ1) is 12.7. The molecule has 0 heterocycles. The molecule has 1 aromatic rings. The molecule has 1 rings (SSSR count). The van der Waals surface area contributed by atoms with E-state index in [1.807, 2.05) is 0 Å². The van der Waals surface area contributed by atoms with E-state index in [2.05, 4.69) is 5.32 Å². The maximum Gasteiger partial charge on any atom is 0.266 e. The van der Waals surface area contributed by atoms with Gasteiger partial charge in [0.2, 0.25) is 0 Å². The molecule has 2 N–H and O–H groups in total. The monoisotopic (exact) mass is 243 g/mol. The van der Waals surface area contributed by atoms with Crippen molar-refractivity contribution in [2.75, 3.05) is 17.6 Å². The smallest absolute Gasteiger partial charge is 0.266 e. The molecule has 1 aromatic carbocycles. The van der Waals surface area contributed by atoms with E-state index < -0.39 is 10.1 Å². The lowest BCUT2D eigenvalue weighted by atomic mass is 10.1. The first-order chi connectivity index (χ1) is 7.51. The average molecular weight is 243 g/mol. The molecule has 16 heavy (non-hydrogen) atoms. The number of carbonyl (C=O) groups excluding carboxylic acids is 1. The van der Waals surface area contributed by atoms with E-state index in [0.29, 0.717) is 6.42 Å². The minimum atomic E-state index is -3.92. The van der Waals surface area contributed by atoms with Crippen molar-refractivity contribution in [3.63, 3.8) is 0 Å². The summed E-state index contributed by atoms with van der Waals surface area (Å²) >= 11 is 0. The third kappa shape index (κ3) is 4.90. The lowest BCUT2D eigenvalue weighted by Crippen LogP contribution is -2.14. The molecule has 0 spiro atoms. The Morgan fingerprint density at radius 3 is 2.38 bits per heavy atom. The van der Waals surface area contributed by atoms with Gasteiger partial charge in [-0.25, -0.2) is 0 Å². The number of hydrogen-bond donors (Lipinski definition) is 2. The molecule has 0 unspecified atom stereocenters. The van der Waals surface area contributed by atoms with Crippen molar-refractivity contribution in [2.45, 2.75) is 6.42 Å². The summed E-state index contributed by atoms with van der Waals surface area (Å²) in [5.41, 5.74) is 1.65. The fourth-order valence-corrected chi connectivity index (χ4v) is 1.54. The van der Waals surface area contributed by atoms with Gasteiger partial charge in [-0.05, 0) is 17.7 Å². The number of aldehydes is 1. The van der Waals surface area contributed by atoms with Crippen LogP contribution in [0, 0.1) is 0 Å². The third-order valence-corrected chi connectivity index (χ3v) is 2.68. The molecule has 0 bridgehead atoms. The van der Waals surface area contributed by atoms with Crippen LogP contribution in [-0.2, 0) is 21.3 Å². The molecule has 0 saturated carbocycles. The van der Waals surface area contributed by atoms with Gasteiger partial charge < -0.3 is 10.1 Å². The highest BCUT2D eigenvalue weighted by Gasteiger charge is 2.03. The van der Waals surface area contributed by atoms with Crippen LogP contribution in [0.15, 0.2) is 24.3 Å². The topological polar surface area (TPSA) is 83.5 Å². The van der Waals surface area contributed by atoms with Crippen LogP contribution in [0.4, 0.5) is 5.69 Å². The highest BCUT2D eigenvalue weighted by atomic mass is 32.2. The van der Waals surface area contributed by atoms with Gasteiger partial charge in [0.05, 0.1) is 5.75 Å². The summed E-state index contributed by atoms with van der Waals surface area (Å²) in [5, 5.41) is 2.84. The first-order valence-electron chi connectivity index (χ1n) is 4.73. The van der Waals surface area contributed by atoms with E-state index >= 15 is 0 Å². The number of rotatable bonds is 6. The number of hydrogen-bond acceptors (Lipinski definition) is 4. The van der Waals surface area contributed by atoms with Gasteiger partial charge in [-0.3, -0.25) is 4.55 Å². The zero-order valence-electron chi connectivity index (χ0n) is 8.59. The molecule has 0 amide bonds. The molecule has 6 heteroatoms. The summed E-state index contributed by atoms with van der Waals surface area (Å²) in [6.07, 6.45) is 1.19. The molecule has 0 radical (unpaired) electrons. The normalized spacial score (nSPS) is 11.1. The van der Waals surface area contributed by atoms with Crippen LogP contribution in [0.3, 0.4) is 0 Å². The van der Waals surface area contributed by atoms with Crippen molar-refractivity contribution < 1.29 is 17.8 Å². The van der Waals surface area contributed by atoms with Crippen LogP contribution in [0.5, 0.6) is 0 Å². The van der Waals surface area contributed by atoms with Crippen LogP contribution < -0.4 is 5.32 Å². The summed E-state index contributed by atoms with van der Waals surface area (Å²) < 4.78 is 29.4. The van der Waals surface area contributed by atoms with E-state index in [0.717, 1.165) is 17.5 Å². The van der Waals surface area contributed by atoms with E-state index in [4.69, 9.17) is 4.55 Å². The van der Waals surface area contributed by atoms with Gasteiger partial charge in [-0.2, -0.15) is 8.42 Å². The second kappa shape index (κ2) is 5.62. The Kier molecular flexibility index (Phi) is 4.45. The molecule has 0 saturated heterocycles. The van der Waals surface area contributed by atoms with Gasteiger partial charge >= 0.3 is 0 Å². The van der Waals surface area contributed by atoms with Gasteiger partial charge in [0.15, 0.2) is 0 Å². The molecule has 5 nitrogen and oxygen atoms in total. The van der Waals surface area contributed by atoms with Crippen LogP contribution in [0.25, 0.3) is 0 Å². The second-order valence-electron chi connectivity index (χ2n) is 3.28. The van der Waals surface area contributed by atoms with Gasteiger partial charge in [-0.15, -0.1) is 0 Å². The van der Waals surface area contributed by atoms with Crippen molar-refractivity contribution in [1.29, 1.82) is 0 Å². The SMILES string of the molecule is O=CCc1ccc(NCCS(=O)(=O)O)cc1. The Morgan fingerprint density at radius 2 is 1.88 bits per heavy atom. The van der Waals surface area contributed by atoms with Gasteiger partial charge in [0, 0.05) is 18.7 Å². The Labute approximate surface area is 94.2 Å². The van der Waals surface area contributed by atoms with Crippen LogP contribution in [0.1, 0.15) is 5.56 Å². The lowest BCUT2D eigenvalue weighted by Gasteiger charge is -2.05. The molecule has 0 aromatic heterocycles. The van der Waals surface area contributed by atoms with Crippen LogP contribution in [-0.4, -0.2) is 31.6 Å². The standard InChI is InChI=1S/C10H13NO4S/c12-7-5-9-1-3-10(4-2-9)11-6-8-16(13,14)15/h1-4,7,11H,5-6,8H2,(H,13,14,15). The summed E-state index contributed by atoms with van der Waals surface area (Å²) in [6, 6.07) is 7.07. The van der Waals surface area contributed by atoms with E-state index in [1.54, 1.807) is 24.3 Å². The van der Waals surface area contributed by atoms with E-state index in [-0.39, 0.29) is 12.3 Å². The molecule has 0 aliphatic rings. The van der Waals surface area contributed by atoms with Gasteiger partial charge in [-0.1, -0.05) is 12.1 Å². The molecule has 0 fully saturated rings. The number of anilines is 1. The number of nitrogens with one attached hydrogen (secondary N) is 1. The molecule has 0 atom stereocenters. The predicted molar refractivity (Wildman–Crippen MR) is 61.1 cm³/mol. The molecule has 88 valence electrons. The Balaban J connectivity index is 2.46. The minimum Gasteiger partial charge on any atom is -0.384 e. The largest absolute Gasteiger partial charge is 0.384 e. The summed E-state index contributed by atoms with van der Waals surface area (Å²) in [4.78, 5) is 10.2. The Bertz CT molecular complexity index is 438. The Morgan fingerprint density at radius 1 is 1.25 bits per heavy atom. The van der Waals surface area contributed by atoms with E-state index in [1.165, 1.54) is 0 Å². The number of carbonyl (C=O) groups is 1. The Hall–Kier alpha value is -1.40. The van der Waals surface area contributed by atoms with Gasteiger partial charge in [0.1, 0.15) is 6.29 Å². The maximum absolute atomic E-state index is 10.4. The van der Waals surface area contributed by atoms with E-state index in [9.17, 15) is 13.2 Å². The van der Waals surface area contributed by atoms with Crippen LogP contribution in [0.2, 0.25) is 0 Å². The maximum atomic E-state index is 10.4. The van der Waals surface area contributed by atoms with Crippen molar-refractivity contribution in [2.24, 2.45) is 0 Å². The average Bonchev–Trinajstić information content (AvgIpc) is 2.19. The van der Waals surface area contributed by atoms with Crippen molar-refractivity contribution >= 4 is 22.1 Å². The van der Waals surface area contributed by atoms with Gasteiger partial charge in [0.25, 0.3) is 10.1 Å². The van der Waals surface area contributed by atoms with Crippen molar-refractivity contribution in [3.8, 4) is 0 Å². The highest BCUT2D eigenvalue weighted by Crippen LogP contribution is 2.09. The minimum absolute atomic E-state index is 0.145.